The van der Waals surface area contributed by atoms with Crippen molar-refractivity contribution in [2.75, 3.05) is 18.5 Å². The molecule has 0 fully saturated rings. The number of hydrogen-bond donors (Lipinski definition) is 0. The fraction of sp³-hybridized carbons (Fsp3) is 0.333. The summed E-state index contributed by atoms with van der Waals surface area (Å²) in [6, 6.07) is 2.04. The first kappa shape index (κ1) is 6.88. The van der Waals surface area contributed by atoms with Gasteiger partial charge in [0.1, 0.15) is 11.8 Å². The lowest BCUT2D eigenvalue weighted by molar-refractivity contribution is 0.677. The van der Waals surface area contributed by atoms with E-state index in [0.717, 1.165) is 29.9 Å². The van der Waals surface area contributed by atoms with Crippen LogP contribution in [0, 0.1) is 0 Å². The van der Waals surface area contributed by atoms with E-state index in [0.29, 0.717) is 0 Å². The zero-order chi connectivity index (χ0) is 8.84. The molecule has 0 aliphatic carbocycles. The molecule has 0 radical (unpaired) electrons. The minimum Gasteiger partial charge on any atom is -0.356 e. The van der Waals surface area contributed by atoms with Gasteiger partial charge < -0.3 is 9.47 Å². The third-order valence-electron chi connectivity index (χ3n) is 2.57. The van der Waals surface area contributed by atoms with Crippen molar-refractivity contribution in [3.63, 3.8) is 0 Å². The summed E-state index contributed by atoms with van der Waals surface area (Å²) in [4.78, 5) is 10.7. The van der Waals surface area contributed by atoms with Crippen LogP contribution in [0.3, 0.4) is 0 Å². The van der Waals surface area contributed by atoms with Crippen molar-refractivity contribution in [1.82, 2.24) is 14.5 Å². The summed E-state index contributed by atoms with van der Waals surface area (Å²) in [5.74, 6) is 1.04. The molecule has 4 nitrogen and oxygen atoms in total. The van der Waals surface area contributed by atoms with Crippen molar-refractivity contribution in [3.05, 3.63) is 18.6 Å². The van der Waals surface area contributed by atoms with Crippen LogP contribution in [0.5, 0.6) is 0 Å². The molecule has 0 spiro atoms. The summed E-state index contributed by atoms with van der Waals surface area (Å²) < 4.78 is 2.21. The van der Waals surface area contributed by atoms with Gasteiger partial charge in [-0.25, -0.2) is 9.97 Å². The predicted octanol–water partition coefficient (Wildman–Crippen LogP) is 0.881. The fourth-order valence-corrected chi connectivity index (χ4v) is 1.84. The highest BCUT2D eigenvalue weighted by molar-refractivity contribution is 5.87. The van der Waals surface area contributed by atoms with Crippen LogP contribution in [0.4, 0.5) is 5.82 Å². The molecule has 13 heavy (non-hydrogen) atoms. The van der Waals surface area contributed by atoms with Crippen LogP contribution in [0.25, 0.3) is 11.0 Å². The van der Waals surface area contributed by atoms with Crippen LogP contribution in [0.15, 0.2) is 18.6 Å². The van der Waals surface area contributed by atoms with E-state index >= 15 is 0 Å². The van der Waals surface area contributed by atoms with Gasteiger partial charge in [0.25, 0.3) is 0 Å². The first-order chi connectivity index (χ1) is 6.36. The molecule has 4 heteroatoms. The third-order valence-corrected chi connectivity index (χ3v) is 2.57. The van der Waals surface area contributed by atoms with Crippen molar-refractivity contribution < 1.29 is 0 Å². The van der Waals surface area contributed by atoms with Crippen LogP contribution >= 0.6 is 0 Å². The number of anilines is 1. The van der Waals surface area contributed by atoms with E-state index in [2.05, 4.69) is 32.7 Å². The molecular formula is C9H10N4. The summed E-state index contributed by atoms with van der Waals surface area (Å²) in [6.45, 7) is 2.05. The summed E-state index contributed by atoms with van der Waals surface area (Å²) in [5, 5.41) is 0. The maximum absolute atomic E-state index is 4.28. The van der Waals surface area contributed by atoms with Crippen molar-refractivity contribution in [2.45, 2.75) is 6.54 Å². The van der Waals surface area contributed by atoms with E-state index in [1.54, 1.807) is 6.33 Å². The number of rotatable bonds is 0. The molecule has 3 heterocycles. The molecule has 0 aromatic carbocycles. The predicted molar refractivity (Wildman–Crippen MR) is 50.8 cm³/mol. The zero-order valence-electron chi connectivity index (χ0n) is 7.44. The summed E-state index contributed by atoms with van der Waals surface area (Å²) >= 11 is 0. The normalized spacial score (nSPS) is 15.3. The van der Waals surface area contributed by atoms with Gasteiger partial charge in [-0.05, 0) is 6.07 Å². The maximum atomic E-state index is 4.28. The summed E-state index contributed by atoms with van der Waals surface area (Å²) in [6.07, 6.45) is 3.71. The first-order valence-corrected chi connectivity index (χ1v) is 4.37. The van der Waals surface area contributed by atoms with Crippen LogP contribution in [-0.4, -0.2) is 28.1 Å². The van der Waals surface area contributed by atoms with E-state index in [4.69, 9.17) is 0 Å². The van der Waals surface area contributed by atoms with Crippen molar-refractivity contribution in [2.24, 2.45) is 0 Å². The Morgan fingerprint density at radius 3 is 3.15 bits per heavy atom. The molecule has 0 bridgehead atoms. The van der Waals surface area contributed by atoms with Gasteiger partial charge in [0.15, 0.2) is 5.82 Å². The number of nitrogens with zero attached hydrogens (tertiary/aromatic N) is 4. The molecule has 2 aromatic heterocycles. The number of likely N-dealkylation sites (N-methyl/N-ethyl adjacent to an activating group) is 1. The van der Waals surface area contributed by atoms with Gasteiger partial charge >= 0.3 is 0 Å². The van der Waals surface area contributed by atoms with E-state index in [1.807, 2.05) is 6.07 Å². The molecule has 66 valence electrons. The smallest absolute Gasteiger partial charge is 0.156 e. The molecule has 0 saturated heterocycles. The molecular weight excluding hydrogens is 164 g/mol. The quantitative estimate of drug-likeness (QED) is 0.594. The molecule has 2 aromatic rings. The van der Waals surface area contributed by atoms with Crippen LogP contribution in [-0.2, 0) is 6.54 Å². The molecule has 1 aliphatic rings. The average Bonchev–Trinajstić information content (AvgIpc) is 2.57. The van der Waals surface area contributed by atoms with Crippen LogP contribution < -0.4 is 4.90 Å². The van der Waals surface area contributed by atoms with E-state index < -0.39 is 0 Å². The number of hydrogen-bond acceptors (Lipinski definition) is 3. The minimum absolute atomic E-state index is 1.02. The van der Waals surface area contributed by atoms with Crippen LogP contribution in [0.2, 0.25) is 0 Å². The van der Waals surface area contributed by atoms with Gasteiger partial charge in [-0.1, -0.05) is 0 Å². The summed E-state index contributed by atoms with van der Waals surface area (Å²) in [5.41, 5.74) is 2.20. The Morgan fingerprint density at radius 2 is 2.23 bits per heavy atom. The highest BCUT2D eigenvalue weighted by atomic mass is 15.2. The van der Waals surface area contributed by atoms with Crippen molar-refractivity contribution >= 4 is 16.9 Å². The zero-order valence-corrected chi connectivity index (χ0v) is 7.44. The molecule has 0 unspecified atom stereocenters. The fourth-order valence-electron chi connectivity index (χ4n) is 1.84. The topological polar surface area (TPSA) is 34.0 Å². The van der Waals surface area contributed by atoms with Gasteiger partial charge in [0.2, 0.25) is 0 Å². The second kappa shape index (κ2) is 2.22. The Morgan fingerprint density at radius 1 is 1.31 bits per heavy atom. The first-order valence-electron chi connectivity index (χ1n) is 4.37. The molecule has 0 amide bonds. The standard InChI is InChI=1S/C9H10N4/c1-12-4-5-13-3-2-7-8(13)9(12)11-6-10-7/h2-3,6H,4-5H2,1H3. The lowest BCUT2D eigenvalue weighted by Gasteiger charge is -2.24. The molecule has 0 saturated carbocycles. The minimum atomic E-state index is 1.02. The van der Waals surface area contributed by atoms with Gasteiger partial charge in [-0.2, -0.15) is 0 Å². The van der Waals surface area contributed by atoms with Gasteiger partial charge in [0, 0.05) is 26.3 Å². The van der Waals surface area contributed by atoms with E-state index in [9.17, 15) is 0 Å². The van der Waals surface area contributed by atoms with Crippen LogP contribution in [0.1, 0.15) is 0 Å². The number of aromatic nitrogens is 3. The highest BCUT2D eigenvalue weighted by Gasteiger charge is 2.16. The van der Waals surface area contributed by atoms with E-state index in [-0.39, 0.29) is 0 Å². The van der Waals surface area contributed by atoms with Gasteiger partial charge in [-0.3, -0.25) is 0 Å². The van der Waals surface area contributed by atoms with Crippen molar-refractivity contribution in [1.29, 1.82) is 0 Å². The lowest BCUT2D eigenvalue weighted by Crippen LogP contribution is -2.28. The Balaban J connectivity index is 2.45. The second-order valence-electron chi connectivity index (χ2n) is 3.36. The molecule has 0 N–H and O–H groups in total. The summed E-state index contributed by atoms with van der Waals surface area (Å²) in [7, 11) is 2.07. The highest BCUT2D eigenvalue weighted by Crippen LogP contribution is 2.25. The van der Waals surface area contributed by atoms with Gasteiger partial charge in [-0.15, -0.1) is 0 Å². The average molecular weight is 174 g/mol. The van der Waals surface area contributed by atoms with E-state index in [1.165, 1.54) is 0 Å². The largest absolute Gasteiger partial charge is 0.356 e. The second-order valence-corrected chi connectivity index (χ2v) is 3.36. The van der Waals surface area contributed by atoms with Gasteiger partial charge in [0.05, 0.1) is 5.52 Å². The molecule has 1 aliphatic heterocycles. The molecule has 3 rings (SSSR count). The Kier molecular flexibility index (Phi) is 1.17. The monoisotopic (exact) mass is 174 g/mol. The molecule has 0 atom stereocenters. The SMILES string of the molecule is CN1CCn2ccc3ncnc1c32. The third kappa shape index (κ3) is 0.798. The van der Waals surface area contributed by atoms with Crippen molar-refractivity contribution in [3.8, 4) is 0 Å². The maximum Gasteiger partial charge on any atom is 0.156 e. The lowest BCUT2D eigenvalue weighted by atomic mass is 10.3. The Bertz CT molecular complexity index is 460. The Labute approximate surface area is 75.8 Å². The Hall–Kier alpha value is -1.58.